The van der Waals surface area contributed by atoms with Crippen LogP contribution in [-0.2, 0) is 6.42 Å². The van der Waals surface area contributed by atoms with Crippen molar-refractivity contribution in [3.8, 4) is 0 Å². The number of nitrogens with zero attached hydrogens (tertiary/aromatic N) is 4. The van der Waals surface area contributed by atoms with Crippen LogP contribution < -0.4 is 5.32 Å². The molecule has 0 unspecified atom stereocenters. The van der Waals surface area contributed by atoms with Gasteiger partial charge in [0.2, 0.25) is 6.39 Å². The van der Waals surface area contributed by atoms with Crippen molar-refractivity contribution in [2.75, 3.05) is 11.9 Å². The molecule has 0 spiro atoms. The fourth-order valence-corrected chi connectivity index (χ4v) is 1.97. The molecule has 19 heavy (non-hydrogen) atoms. The number of hydrogen-bond donors (Lipinski definition) is 1. The van der Waals surface area contributed by atoms with E-state index in [0.29, 0.717) is 29.9 Å². The first-order valence-electron chi connectivity index (χ1n) is 6.27. The van der Waals surface area contributed by atoms with Gasteiger partial charge in [-0.25, -0.2) is 9.97 Å². The minimum absolute atomic E-state index is 0.482. The van der Waals surface area contributed by atoms with Gasteiger partial charge in [0.15, 0.2) is 5.82 Å². The van der Waals surface area contributed by atoms with Gasteiger partial charge >= 0.3 is 0 Å². The first kappa shape index (κ1) is 12.3. The average Bonchev–Trinajstić information content (AvgIpc) is 3.12. The molecule has 0 radical (unpaired) electrons. The van der Waals surface area contributed by atoms with Crippen LogP contribution in [0.25, 0.3) is 0 Å². The van der Waals surface area contributed by atoms with Crippen molar-refractivity contribution in [2.24, 2.45) is 0 Å². The lowest BCUT2D eigenvalue weighted by Crippen LogP contribution is -2.10. The number of aromatic nitrogens is 4. The van der Waals surface area contributed by atoms with Crippen molar-refractivity contribution in [3.05, 3.63) is 28.8 Å². The average molecular weight is 280 g/mol. The molecule has 0 aromatic carbocycles. The van der Waals surface area contributed by atoms with Crippen molar-refractivity contribution in [3.63, 3.8) is 0 Å². The summed E-state index contributed by atoms with van der Waals surface area (Å²) < 4.78 is 4.68. The van der Waals surface area contributed by atoms with Gasteiger partial charge in [0.1, 0.15) is 16.8 Å². The summed E-state index contributed by atoms with van der Waals surface area (Å²) in [6.07, 6.45) is 4.31. The van der Waals surface area contributed by atoms with Crippen molar-refractivity contribution < 1.29 is 4.52 Å². The van der Waals surface area contributed by atoms with Crippen LogP contribution >= 0.6 is 11.6 Å². The van der Waals surface area contributed by atoms with Crippen molar-refractivity contribution in [1.82, 2.24) is 20.1 Å². The molecular formula is C12H14ClN5O. The normalized spacial score (nSPS) is 14.6. The molecule has 1 aliphatic carbocycles. The minimum atomic E-state index is 0.482. The lowest BCUT2D eigenvalue weighted by molar-refractivity contribution is 0.410. The highest BCUT2D eigenvalue weighted by atomic mass is 35.5. The molecule has 1 fully saturated rings. The van der Waals surface area contributed by atoms with Gasteiger partial charge < -0.3 is 9.84 Å². The van der Waals surface area contributed by atoms with Crippen molar-refractivity contribution in [1.29, 1.82) is 0 Å². The van der Waals surface area contributed by atoms with Crippen LogP contribution in [0.4, 0.5) is 5.82 Å². The van der Waals surface area contributed by atoms with E-state index >= 15 is 0 Å². The smallest absolute Gasteiger partial charge is 0.213 e. The molecule has 0 amide bonds. The standard InChI is InChI=1S/C12H14ClN5O/c1-7-10(13)16-12(8-2-3-8)17-11(7)14-5-4-9-15-6-19-18-9/h6,8H,2-5H2,1H3,(H,14,16,17). The lowest BCUT2D eigenvalue weighted by atomic mass is 10.3. The second kappa shape index (κ2) is 5.13. The van der Waals surface area contributed by atoms with Crippen LogP contribution in [-0.4, -0.2) is 26.7 Å². The number of nitrogens with one attached hydrogen (secondary N) is 1. The highest BCUT2D eigenvalue weighted by Gasteiger charge is 2.27. The maximum absolute atomic E-state index is 6.14. The van der Waals surface area contributed by atoms with Gasteiger partial charge in [0.25, 0.3) is 0 Å². The van der Waals surface area contributed by atoms with Crippen LogP contribution in [0.3, 0.4) is 0 Å². The van der Waals surface area contributed by atoms with Gasteiger partial charge in [-0.3, -0.25) is 0 Å². The molecule has 3 rings (SSSR count). The molecular weight excluding hydrogens is 266 g/mol. The summed E-state index contributed by atoms with van der Waals surface area (Å²) in [7, 11) is 0. The van der Waals surface area contributed by atoms with E-state index in [1.807, 2.05) is 6.92 Å². The van der Waals surface area contributed by atoms with Gasteiger partial charge in [-0.1, -0.05) is 16.8 Å². The molecule has 0 saturated heterocycles. The number of rotatable bonds is 5. The highest BCUT2D eigenvalue weighted by molar-refractivity contribution is 6.30. The predicted molar refractivity (Wildman–Crippen MR) is 70.2 cm³/mol. The third kappa shape index (κ3) is 2.84. The molecule has 2 aromatic rings. The fourth-order valence-electron chi connectivity index (χ4n) is 1.80. The zero-order valence-electron chi connectivity index (χ0n) is 10.6. The maximum Gasteiger partial charge on any atom is 0.213 e. The van der Waals surface area contributed by atoms with Crippen LogP contribution in [0.1, 0.15) is 36.0 Å². The molecule has 7 heteroatoms. The molecule has 2 aromatic heterocycles. The molecule has 1 saturated carbocycles. The number of halogens is 1. The third-order valence-corrected chi connectivity index (χ3v) is 3.46. The maximum atomic E-state index is 6.14. The van der Waals surface area contributed by atoms with E-state index < -0.39 is 0 Å². The van der Waals surface area contributed by atoms with Crippen LogP contribution in [0.15, 0.2) is 10.9 Å². The third-order valence-electron chi connectivity index (χ3n) is 3.09. The first-order chi connectivity index (χ1) is 9.24. The highest BCUT2D eigenvalue weighted by Crippen LogP contribution is 2.39. The second-order valence-corrected chi connectivity index (χ2v) is 5.00. The number of anilines is 1. The summed E-state index contributed by atoms with van der Waals surface area (Å²) in [4.78, 5) is 12.8. The Morgan fingerprint density at radius 2 is 2.26 bits per heavy atom. The Labute approximate surface area is 115 Å². The van der Waals surface area contributed by atoms with Gasteiger partial charge in [-0.15, -0.1) is 0 Å². The number of hydrogen-bond acceptors (Lipinski definition) is 6. The summed E-state index contributed by atoms with van der Waals surface area (Å²) in [6.45, 7) is 2.59. The Hall–Kier alpha value is -1.69. The summed E-state index contributed by atoms with van der Waals surface area (Å²) in [5, 5.41) is 7.54. The molecule has 1 N–H and O–H groups in total. The van der Waals surface area contributed by atoms with E-state index in [-0.39, 0.29) is 0 Å². The van der Waals surface area contributed by atoms with Gasteiger partial charge in [0, 0.05) is 24.4 Å². The van der Waals surface area contributed by atoms with E-state index in [0.717, 1.165) is 30.0 Å². The van der Waals surface area contributed by atoms with E-state index in [1.165, 1.54) is 6.39 Å². The molecule has 0 aliphatic heterocycles. The lowest BCUT2D eigenvalue weighted by Gasteiger charge is -2.10. The minimum Gasteiger partial charge on any atom is -0.369 e. The second-order valence-electron chi connectivity index (χ2n) is 4.64. The van der Waals surface area contributed by atoms with E-state index in [9.17, 15) is 0 Å². The SMILES string of the molecule is Cc1c(Cl)nc(C2CC2)nc1NCCc1ncon1. The Bertz CT molecular complexity index is 568. The fraction of sp³-hybridized carbons (Fsp3) is 0.500. The molecule has 6 nitrogen and oxygen atoms in total. The van der Waals surface area contributed by atoms with Crippen molar-refractivity contribution >= 4 is 17.4 Å². The van der Waals surface area contributed by atoms with Gasteiger partial charge in [-0.05, 0) is 19.8 Å². The Morgan fingerprint density at radius 3 is 2.95 bits per heavy atom. The molecule has 0 bridgehead atoms. The Balaban J connectivity index is 1.69. The first-order valence-corrected chi connectivity index (χ1v) is 6.65. The summed E-state index contributed by atoms with van der Waals surface area (Å²) in [6, 6.07) is 0. The molecule has 2 heterocycles. The van der Waals surface area contributed by atoms with Crippen LogP contribution in [0.5, 0.6) is 0 Å². The molecule has 1 aliphatic rings. The monoisotopic (exact) mass is 279 g/mol. The largest absolute Gasteiger partial charge is 0.369 e. The van der Waals surface area contributed by atoms with E-state index in [2.05, 4.69) is 29.9 Å². The van der Waals surface area contributed by atoms with Crippen molar-refractivity contribution in [2.45, 2.75) is 32.1 Å². The predicted octanol–water partition coefficient (Wildman–Crippen LogP) is 2.35. The van der Waals surface area contributed by atoms with E-state index in [1.54, 1.807) is 0 Å². The molecule has 100 valence electrons. The zero-order chi connectivity index (χ0) is 13.2. The Kier molecular flexibility index (Phi) is 3.33. The summed E-state index contributed by atoms with van der Waals surface area (Å²) in [5.74, 6) is 2.80. The molecule has 0 atom stereocenters. The zero-order valence-corrected chi connectivity index (χ0v) is 11.3. The van der Waals surface area contributed by atoms with Gasteiger partial charge in [0.05, 0.1) is 0 Å². The van der Waals surface area contributed by atoms with E-state index in [4.69, 9.17) is 11.6 Å². The van der Waals surface area contributed by atoms with Crippen LogP contribution in [0.2, 0.25) is 5.15 Å². The topological polar surface area (TPSA) is 76.7 Å². The summed E-state index contributed by atoms with van der Waals surface area (Å²) >= 11 is 6.14. The Morgan fingerprint density at radius 1 is 1.42 bits per heavy atom. The quantitative estimate of drug-likeness (QED) is 0.847. The summed E-state index contributed by atoms with van der Waals surface area (Å²) in [5.41, 5.74) is 0.874. The van der Waals surface area contributed by atoms with Gasteiger partial charge in [-0.2, -0.15) is 4.98 Å². The van der Waals surface area contributed by atoms with Crippen LogP contribution in [0, 0.1) is 6.92 Å².